The van der Waals surface area contributed by atoms with Crippen LogP contribution in [0.25, 0.3) is 0 Å². The number of aryl methyl sites for hydroxylation is 2. The highest BCUT2D eigenvalue weighted by Gasteiger charge is 2.28. The Morgan fingerprint density at radius 3 is 2.74 bits per heavy atom. The zero-order valence-corrected chi connectivity index (χ0v) is 18.4. The SMILES string of the molecule is Cc1ccc(NC(=O)C2CCCN(c3nccnc3Oc3ccccc3C)C2)cc1Cl. The Morgan fingerprint density at radius 1 is 1.13 bits per heavy atom. The number of para-hydroxylation sites is 1. The summed E-state index contributed by atoms with van der Waals surface area (Å²) < 4.78 is 6.08. The van der Waals surface area contributed by atoms with Crippen LogP contribution in [0, 0.1) is 19.8 Å². The molecule has 6 nitrogen and oxygen atoms in total. The van der Waals surface area contributed by atoms with Crippen LogP contribution in [0.1, 0.15) is 24.0 Å². The number of hydrogen-bond acceptors (Lipinski definition) is 5. The van der Waals surface area contributed by atoms with E-state index in [1.165, 1.54) is 0 Å². The van der Waals surface area contributed by atoms with Crippen LogP contribution in [-0.4, -0.2) is 29.0 Å². The number of carbonyl (C=O) groups is 1. The molecule has 0 radical (unpaired) electrons. The molecule has 1 saturated heterocycles. The lowest BCUT2D eigenvalue weighted by Crippen LogP contribution is -2.41. The average molecular weight is 437 g/mol. The molecule has 2 heterocycles. The molecular weight excluding hydrogens is 412 g/mol. The first-order chi connectivity index (χ1) is 15.0. The Bertz CT molecular complexity index is 1090. The third kappa shape index (κ3) is 4.97. The summed E-state index contributed by atoms with van der Waals surface area (Å²) >= 11 is 6.19. The monoisotopic (exact) mass is 436 g/mol. The fourth-order valence-electron chi connectivity index (χ4n) is 3.68. The molecule has 1 amide bonds. The lowest BCUT2D eigenvalue weighted by Gasteiger charge is -2.33. The molecule has 7 heteroatoms. The van der Waals surface area contributed by atoms with Crippen LogP contribution in [0.2, 0.25) is 5.02 Å². The van der Waals surface area contributed by atoms with E-state index in [9.17, 15) is 4.79 Å². The van der Waals surface area contributed by atoms with E-state index in [1.807, 2.05) is 50.2 Å². The number of benzene rings is 2. The summed E-state index contributed by atoms with van der Waals surface area (Å²) in [5.41, 5.74) is 2.71. The number of amides is 1. The highest BCUT2D eigenvalue weighted by atomic mass is 35.5. The van der Waals surface area contributed by atoms with Gasteiger partial charge in [-0.25, -0.2) is 9.97 Å². The summed E-state index contributed by atoms with van der Waals surface area (Å²) in [6.07, 6.45) is 4.97. The van der Waals surface area contributed by atoms with E-state index in [4.69, 9.17) is 16.3 Å². The van der Waals surface area contributed by atoms with Crippen LogP contribution in [0.3, 0.4) is 0 Å². The van der Waals surface area contributed by atoms with Gasteiger partial charge in [-0.1, -0.05) is 35.9 Å². The molecule has 1 atom stereocenters. The van der Waals surface area contributed by atoms with Gasteiger partial charge < -0.3 is 15.0 Å². The van der Waals surface area contributed by atoms with Gasteiger partial charge in [0.2, 0.25) is 5.91 Å². The summed E-state index contributed by atoms with van der Waals surface area (Å²) in [5, 5.41) is 3.64. The third-order valence-electron chi connectivity index (χ3n) is 5.48. The first-order valence-corrected chi connectivity index (χ1v) is 10.8. The molecule has 1 aromatic heterocycles. The van der Waals surface area contributed by atoms with E-state index in [1.54, 1.807) is 18.5 Å². The van der Waals surface area contributed by atoms with Crippen LogP contribution in [0.5, 0.6) is 11.6 Å². The second-order valence-electron chi connectivity index (χ2n) is 7.79. The zero-order chi connectivity index (χ0) is 21.8. The van der Waals surface area contributed by atoms with E-state index >= 15 is 0 Å². The number of piperidine rings is 1. The first-order valence-electron chi connectivity index (χ1n) is 10.4. The lowest BCUT2D eigenvalue weighted by atomic mass is 9.97. The van der Waals surface area contributed by atoms with Crippen molar-refractivity contribution in [2.24, 2.45) is 5.92 Å². The topological polar surface area (TPSA) is 67.4 Å². The summed E-state index contributed by atoms with van der Waals surface area (Å²) in [5.74, 6) is 1.66. The Labute approximate surface area is 187 Å². The maximum atomic E-state index is 12.9. The molecule has 3 aromatic rings. The molecule has 0 bridgehead atoms. The van der Waals surface area contributed by atoms with E-state index in [2.05, 4.69) is 20.2 Å². The van der Waals surface area contributed by atoms with Crippen LogP contribution in [-0.2, 0) is 4.79 Å². The predicted octanol–water partition coefficient (Wildman–Crippen LogP) is 5.39. The number of aromatic nitrogens is 2. The summed E-state index contributed by atoms with van der Waals surface area (Å²) in [6.45, 7) is 5.27. The number of nitrogens with one attached hydrogen (secondary N) is 1. The molecule has 31 heavy (non-hydrogen) atoms. The van der Waals surface area contributed by atoms with Crippen LogP contribution in [0.15, 0.2) is 54.9 Å². The molecule has 1 unspecified atom stereocenters. The highest BCUT2D eigenvalue weighted by Crippen LogP contribution is 2.32. The molecule has 1 aliphatic heterocycles. The number of carbonyl (C=O) groups excluding carboxylic acids is 1. The predicted molar refractivity (Wildman–Crippen MR) is 123 cm³/mol. The van der Waals surface area contributed by atoms with E-state index < -0.39 is 0 Å². The average Bonchev–Trinajstić information content (AvgIpc) is 2.78. The Kier molecular flexibility index (Phi) is 6.37. The number of hydrogen-bond donors (Lipinski definition) is 1. The largest absolute Gasteiger partial charge is 0.436 e. The van der Waals surface area contributed by atoms with E-state index in [0.717, 1.165) is 36.3 Å². The molecule has 0 aliphatic carbocycles. The van der Waals surface area contributed by atoms with Gasteiger partial charge >= 0.3 is 0 Å². The van der Waals surface area contributed by atoms with Crippen LogP contribution >= 0.6 is 11.6 Å². The summed E-state index contributed by atoms with van der Waals surface area (Å²) in [7, 11) is 0. The van der Waals surface area contributed by atoms with Crippen molar-refractivity contribution in [2.45, 2.75) is 26.7 Å². The first kappa shape index (κ1) is 21.1. The second kappa shape index (κ2) is 9.35. The van der Waals surface area contributed by atoms with Gasteiger partial charge in [0.05, 0.1) is 5.92 Å². The maximum absolute atomic E-state index is 12.9. The van der Waals surface area contributed by atoms with Crippen LogP contribution < -0.4 is 15.0 Å². The van der Waals surface area contributed by atoms with Crippen molar-refractivity contribution in [3.8, 4) is 11.6 Å². The molecule has 1 N–H and O–H groups in total. The van der Waals surface area contributed by atoms with Crippen molar-refractivity contribution < 1.29 is 9.53 Å². The van der Waals surface area contributed by atoms with Crippen molar-refractivity contribution in [3.05, 3.63) is 71.0 Å². The molecule has 1 fully saturated rings. The number of ether oxygens (including phenoxy) is 1. The van der Waals surface area contributed by atoms with E-state index in [-0.39, 0.29) is 11.8 Å². The second-order valence-corrected chi connectivity index (χ2v) is 8.20. The Morgan fingerprint density at radius 2 is 1.94 bits per heavy atom. The number of anilines is 2. The maximum Gasteiger partial charge on any atom is 0.263 e. The standard InChI is InChI=1S/C24H25ClN4O2/c1-16-9-10-19(14-20(16)25)28-23(30)18-7-5-13-29(15-18)22-24(27-12-11-26-22)31-21-8-4-3-6-17(21)2/h3-4,6,8-12,14,18H,5,7,13,15H2,1-2H3,(H,28,30). The molecule has 0 spiro atoms. The highest BCUT2D eigenvalue weighted by molar-refractivity contribution is 6.31. The van der Waals surface area contributed by atoms with Crippen molar-refractivity contribution >= 4 is 29.0 Å². The lowest BCUT2D eigenvalue weighted by molar-refractivity contribution is -0.120. The van der Waals surface area contributed by atoms with Crippen molar-refractivity contribution in [1.82, 2.24) is 9.97 Å². The number of halogens is 1. The molecule has 1 aliphatic rings. The van der Waals surface area contributed by atoms with E-state index in [0.29, 0.717) is 29.0 Å². The fraction of sp³-hybridized carbons (Fsp3) is 0.292. The van der Waals surface area contributed by atoms with Crippen molar-refractivity contribution in [3.63, 3.8) is 0 Å². The quantitative estimate of drug-likeness (QED) is 0.580. The summed E-state index contributed by atoms with van der Waals surface area (Å²) in [6, 6.07) is 13.4. The number of rotatable bonds is 5. The minimum absolute atomic E-state index is 0.0186. The molecule has 160 valence electrons. The van der Waals surface area contributed by atoms with Gasteiger partial charge in [-0.2, -0.15) is 0 Å². The smallest absolute Gasteiger partial charge is 0.263 e. The van der Waals surface area contributed by atoms with Gasteiger partial charge in [-0.05, 0) is 56.0 Å². The van der Waals surface area contributed by atoms with Crippen molar-refractivity contribution in [2.75, 3.05) is 23.3 Å². The van der Waals surface area contributed by atoms with Gasteiger partial charge in [0.15, 0.2) is 5.82 Å². The Balaban J connectivity index is 1.49. The zero-order valence-electron chi connectivity index (χ0n) is 17.6. The fourth-order valence-corrected chi connectivity index (χ4v) is 3.86. The van der Waals surface area contributed by atoms with Gasteiger partial charge in [0.1, 0.15) is 5.75 Å². The Hall–Kier alpha value is -3.12. The molecule has 0 saturated carbocycles. The minimum Gasteiger partial charge on any atom is -0.436 e. The molecular formula is C24H25ClN4O2. The molecule has 4 rings (SSSR count). The molecule has 2 aromatic carbocycles. The van der Waals surface area contributed by atoms with Gasteiger partial charge in [-0.3, -0.25) is 4.79 Å². The van der Waals surface area contributed by atoms with Gasteiger partial charge in [-0.15, -0.1) is 0 Å². The minimum atomic E-state index is -0.165. The van der Waals surface area contributed by atoms with Crippen LogP contribution in [0.4, 0.5) is 11.5 Å². The van der Waals surface area contributed by atoms with Gasteiger partial charge in [0, 0.05) is 36.2 Å². The normalized spacial score (nSPS) is 16.1. The number of nitrogens with zero attached hydrogens (tertiary/aromatic N) is 3. The van der Waals surface area contributed by atoms with Gasteiger partial charge in [0.25, 0.3) is 5.88 Å². The third-order valence-corrected chi connectivity index (χ3v) is 5.89. The summed E-state index contributed by atoms with van der Waals surface area (Å²) in [4.78, 5) is 23.9. The van der Waals surface area contributed by atoms with Crippen molar-refractivity contribution in [1.29, 1.82) is 0 Å².